The van der Waals surface area contributed by atoms with E-state index in [0.717, 1.165) is 11.9 Å². The van der Waals surface area contributed by atoms with Crippen LogP contribution in [0.4, 0.5) is 0 Å². The van der Waals surface area contributed by atoms with Gasteiger partial charge in [0.25, 0.3) is 0 Å². The Labute approximate surface area is 219 Å². The molecule has 0 heterocycles. The fourth-order valence-electron chi connectivity index (χ4n) is 4.47. The van der Waals surface area contributed by atoms with Crippen LogP contribution in [-0.2, 0) is 12.8 Å². The minimum absolute atomic E-state index is 0. The Morgan fingerprint density at radius 2 is 0.829 bits per heavy atom. The van der Waals surface area contributed by atoms with Crippen LogP contribution in [-0.4, -0.2) is 0 Å². The van der Waals surface area contributed by atoms with Crippen LogP contribution in [0.2, 0.25) is 0 Å². The van der Waals surface area contributed by atoms with Crippen LogP contribution in [0.15, 0.2) is 146 Å². The van der Waals surface area contributed by atoms with Crippen molar-refractivity contribution in [2.75, 3.05) is 0 Å². The molecule has 174 valence electrons. The standard InChI is InChI=1S/C32H28OP.BrH/c1-5-13-27(14-6-1)25-33-29-23-21-28(22-24-29)26-34(30-15-7-2-8-16-30,31-17-9-3-10-18-31)32-19-11-4-12-20-32;/h1-24H,25-26H2;1H/q+1;/p-1. The lowest BCUT2D eigenvalue weighted by atomic mass is 10.2. The molecule has 0 atom stereocenters. The van der Waals surface area contributed by atoms with Crippen LogP contribution in [0.5, 0.6) is 5.75 Å². The second-order valence-electron chi connectivity index (χ2n) is 8.39. The molecule has 0 aromatic heterocycles. The maximum Gasteiger partial charge on any atom is 0.119 e. The molecule has 5 aromatic rings. The second kappa shape index (κ2) is 12.0. The van der Waals surface area contributed by atoms with Gasteiger partial charge in [-0.15, -0.1) is 0 Å². The van der Waals surface area contributed by atoms with E-state index in [1.165, 1.54) is 27.0 Å². The fraction of sp³-hybridized carbons (Fsp3) is 0.0625. The third kappa shape index (κ3) is 5.73. The SMILES string of the molecule is [Br-].c1ccc(COc2ccc(C[P+](c3ccccc3)(c3ccccc3)c3ccccc3)cc2)cc1. The molecule has 0 aliphatic heterocycles. The maximum absolute atomic E-state index is 6.04. The lowest BCUT2D eigenvalue weighted by Gasteiger charge is -2.28. The number of hydrogen-bond donors (Lipinski definition) is 0. The van der Waals surface area contributed by atoms with E-state index in [2.05, 4.69) is 127 Å². The lowest BCUT2D eigenvalue weighted by Crippen LogP contribution is -3.00. The van der Waals surface area contributed by atoms with Crippen LogP contribution < -0.4 is 37.6 Å². The summed E-state index contributed by atoms with van der Waals surface area (Å²) in [6.45, 7) is 0.579. The van der Waals surface area contributed by atoms with Crippen molar-refractivity contribution >= 4 is 23.2 Å². The van der Waals surface area contributed by atoms with Gasteiger partial charge >= 0.3 is 0 Å². The molecule has 0 aliphatic rings. The van der Waals surface area contributed by atoms with Gasteiger partial charge in [-0.05, 0) is 59.7 Å². The molecular formula is C32H28BrOP. The molecular weight excluding hydrogens is 511 g/mol. The van der Waals surface area contributed by atoms with Gasteiger partial charge in [0.2, 0.25) is 0 Å². The third-order valence-corrected chi connectivity index (χ3v) is 10.6. The second-order valence-corrected chi connectivity index (χ2v) is 11.9. The van der Waals surface area contributed by atoms with E-state index in [-0.39, 0.29) is 17.0 Å². The highest BCUT2D eigenvalue weighted by atomic mass is 79.9. The molecule has 0 radical (unpaired) electrons. The molecule has 0 N–H and O–H groups in total. The summed E-state index contributed by atoms with van der Waals surface area (Å²) in [7, 11) is -1.89. The summed E-state index contributed by atoms with van der Waals surface area (Å²) >= 11 is 0. The van der Waals surface area contributed by atoms with Gasteiger partial charge in [-0.25, -0.2) is 0 Å². The highest BCUT2D eigenvalue weighted by molar-refractivity contribution is 7.95. The van der Waals surface area contributed by atoms with Crippen LogP contribution in [0.25, 0.3) is 0 Å². The minimum atomic E-state index is -1.89. The molecule has 0 fully saturated rings. The summed E-state index contributed by atoms with van der Waals surface area (Å²) in [6, 6.07) is 52.0. The van der Waals surface area contributed by atoms with E-state index in [4.69, 9.17) is 4.74 Å². The van der Waals surface area contributed by atoms with Crippen LogP contribution >= 0.6 is 7.26 Å². The van der Waals surface area contributed by atoms with Gasteiger partial charge < -0.3 is 21.7 Å². The molecule has 5 aromatic carbocycles. The minimum Gasteiger partial charge on any atom is -1.00 e. The Bertz CT molecular complexity index is 1200. The molecule has 0 unspecified atom stereocenters. The molecule has 0 saturated heterocycles. The zero-order chi connectivity index (χ0) is 23.1. The largest absolute Gasteiger partial charge is 1.00 e. The Morgan fingerprint density at radius 3 is 1.26 bits per heavy atom. The van der Waals surface area contributed by atoms with E-state index in [9.17, 15) is 0 Å². The topological polar surface area (TPSA) is 9.23 Å². The lowest BCUT2D eigenvalue weighted by molar-refractivity contribution is -0.00000696. The quantitative estimate of drug-likeness (QED) is 0.273. The van der Waals surface area contributed by atoms with Crippen molar-refractivity contribution in [1.82, 2.24) is 0 Å². The first-order valence-electron chi connectivity index (χ1n) is 11.7. The maximum atomic E-state index is 6.04. The molecule has 0 aliphatic carbocycles. The van der Waals surface area contributed by atoms with Crippen molar-refractivity contribution in [2.45, 2.75) is 12.8 Å². The number of ether oxygens (including phenoxy) is 1. The molecule has 0 amide bonds. The Balaban J connectivity index is 0.00000289. The molecule has 1 nitrogen and oxygen atoms in total. The highest BCUT2D eigenvalue weighted by Gasteiger charge is 2.45. The normalized spacial score (nSPS) is 10.9. The summed E-state index contributed by atoms with van der Waals surface area (Å²) in [4.78, 5) is 0. The number of hydrogen-bond acceptors (Lipinski definition) is 1. The molecule has 0 saturated carbocycles. The van der Waals surface area contributed by atoms with Crippen molar-refractivity contribution < 1.29 is 21.7 Å². The highest BCUT2D eigenvalue weighted by Crippen LogP contribution is 2.58. The Morgan fingerprint density at radius 1 is 0.429 bits per heavy atom. The first kappa shape index (κ1) is 24.9. The van der Waals surface area contributed by atoms with Gasteiger partial charge in [0.1, 0.15) is 35.5 Å². The zero-order valence-corrected chi connectivity index (χ0v) is 22.0. The van der Waals surface area contributed by atoms with E-state index in [1.54, 1.807) is 0 Å². The summed E-state index contributed by atoms with van der Waals surface area (Å²) in [5, 5.41) is 4.20. The number of halogens is 1. The summed E-state index contributed by atoms with van der Waals surface area (Å²) < 4.78 is 6.04. The zero-order valence-electron chi connectivity index (χ0n) is 19.5. The summed E-state index contributed by atoms with van der Waals surface area (Å²) in [5.74, 6) is 0.899. The van der Waals surface area contributed by atoms with Crippen molar-refractivity contribution in [1.29, 1.82) is 0 Å². The molecule has 5 rings (SSSR count). The predicted molar refractivity (Wildman–Crippen MR) is 146 cm³/mol. The van der Waals surface area contributed by atoms with Crippen molar-refractivity contribution in [3.8, 4) is 5.75 Å². The molecule has 0 bridgehead atoms. The van der Waals surface area contributed by atoms with Crippen LogP contribution in [0.1, 0.15) is 11.1 Å². The van der Waals surface area contributed by atoms with Gasteiger partial charge in [-0.2, -0.15) is 0 Å². The summed E-state index contributed by atoms with van der Waals surface area (Å²) in [5.41, 5.74) is 2.49. The Hall–Kier alpha value is -3.19. The van der Waals surface area contributed by atoms with E-state index < -0.39 is 7.26 Å². The summed E-state index contributed by atoms with van der Waals surface area (Å²) in [6.07, 6.45) is 0.962. The van der Waals surface area contributed by atoms with Gasteiger partial charge in [0.05, 0.1) is 6.16 Å². The van der Waals surface area contributed by atoms with Crippen molar-refractivity contribution in [3.05, 3.63) is 157 Å². The van der Waals surface area contributed by atoms with Gasteiger partial charge in [0.15, 0.2) is 0 Å². The number of benzene rings is 5. The van der Waals surface area contributed by atoms with Gasteiger partial charge in [-0.1, -0.05) is 97.1 Å². The molecule has 3 heteroatoms. The van der Waals surface area contributed by atoms with Gasteiger partial charge in [0, 0.05) is 0 Å². The average molecular weight is 539 g/mol. The van der Waals surface area contributed by atoms with Crippen LogP contribution in [0.3, 0.4) is 0 Å². The third-order valence-electron chi connectivity index (χ3n) is 6.18. The van der Waals surface area contributed by atoms with Crippen molar-refractivity contribution in [3.63, 3.8) is 0 Å². The smallest absolute Gasteiger partial charge is 0.119 e. The first-order chi connectivity index (χ1) is 16.8. The fourth-order valence-corrected chi connectivity index (χ4v) is 8.72. The van der Waals surface area contributed by atoms with Crippen LogP contribution in [0, 0.1) is 0 Å². The first-order valence-corrected chi connectivity index (χ1v) is 13.6. The monoisotopic (exact) mass is 538 g/mol. The molecule has 0 spiro atoms. The van der Waals surface area contributed by atoms with E-state index >= 15 is 0 Å². The number of rotatable bonds is 8. The Kier molecular flexibility index (Phi) is 8.53. The predicted octanol–water partition coefficient (Wildman–Crippen LogP) is 3.76. The van der Waals surface area contributed by atoms with Crippen molar-refractivity contribution in [2.24, 2.45) is 0 Å². The van der Waals surface area contributed by atoms with E-state index in [1.807, 2.05) is 18.2 Å². The van der Waals surface area contributed by atoms with Gasteiger partial charge in [-0.3, -0.25) is 0 Å². The average Bonchev–Trinajstić information content (AvgIpc) is 2.93. The van der Waals surface area contributed by atoms with E-state index in [0.29, 0.717) is 6.61 Å². The molecule has 35 heavy (non-hydrogen) atoms.